The Morgan fingerprint density at radius 3 is 2.37 bits per heavy atom. The molecule has 0 unspecified atom stereocenters. The summed E-state index contributed by atoms with van der Waals surface area (Å²) in [5.74, 6) is -2.25. The Labute approximate surface area is 112 Å². The van der Waals surface area contributed by atoms with E-state index in [1.54, 1.807) is 13.8 Å². The van der Waals surface area contributed by atoms with Crippen LogP contribution in [0.5, 0.6) is 0 Å². The van der Waals surface area contributed by atoms with Crippen LogP contribution in [-0.4, -0.2) is 33.0 Å². The molecule has 0 amide bonds. The fraction of sp³-hybridized carbons (Fsp3) is 0.545. The molecule has 0 saturated carbocycles. The Morgan fingerprint density at radius 1 is 1.37 bits per heavy atom. The molecular weight excluding hydrogens is 281 g/mol. The lowest BCUT2D eigenvalue weighted by molar-refractivity contribution is -0.105. The number of thioether (sulfide) groups is 1. The van der Waals surface area contributed by atoms with Crippen LogP contribution in [0.25, 0.3) is 0 Å². The van der Waals surface area contributed by atoms with Gasteiger partial charge in [0.1, 0.15) is 16.4 Å². The molecule has 0 aromatic carbocycles. The molecule has 1 N–H and O–H groups in total. The third-order valence-electron chi connectivity index (χ3n) is 2.18. The molecule has 0 atom stereocenters. The Bertz CT molecular complexity index is 490. The van der Waals surface area contributed by atoms with E-state index in [9.17, 15) is 18.0 Å². The lowest BCUT2D eigenvalue weighted by atomic mass is 10.2. The second kappa shape index (κ2) is 5.77. The van der Waals surface area contributed by atoms with Crippen molar-refractivity contribution in [3.8, 4) is 0 Å². The second-order valence-corrected chi connectivity index (χ2v) is 5.18. The van der Waals surface area contributed by atoms with E-state index >= 15 is 0 Å². The van der Waals surface area contributed by atoms with Crippen LogP contribution in [-0.2, 0) is 0 Å². The van der Waals surface area contributed by atoms with Crippen molar-refractivity contribution in [1.82, 2.24) is 9.97 Å². The van der Waals surface area contributed by atoms with E-state index in [-0.39, 0.29) is 22.2 Å². The maximum Gasteiger partial charge on any atom is 0.398 e. The third kappa shape index (κ3) is 4.38. The van der Waals surface area contributed by atoms with Crippen molar-refractivity contribution in [3.63, 3.8) is 0 Å². The zero-order valence-electron chi connectivity index (χ0n) is 10.6. The van der Waals surface area contributed by atoms with Crippen LogP contribution in [0.1, 0.15) is 41.6 Å². The topological polar surface area (TPSA) is 63.1 Å². The predicted octanol–water partition coefficient (Wildman–Crippen LogP) is 3.26. The normalized spacial score (nSPS) is 11.9. The van der Waals surface area contributed by atoms with Gasteiger partial charge in [-0.05, 0) is 6.92 Å². The lowest BCUT2D eigenvalue weighted by Crippen LogP contribution is -2.14. The van der Waals surface area contributed by atoms with Crippen LogP contribution in [0, 0.1) is 6.92 Å². The smallest absolute Gasteiger partial charge is 0.398 e. The van der Waals surface area contributed by atoms with Gasteiger partial charge >= 0.3 is 12.1 Å². The van der Waals surface area contributed by atoms with E-state index in [1.807, 2.05) is 0 Å². The number of nitrogens with zero attached hydrogens (tertiary/aromatic N) is 2. The maximum atomic E-state index is 12.2. The molecule has 0 radical (unpaired) electrons. The van der Waals surface area contributed by atoms with Gasteiger partial charge in [0.25, 0.3) is 0 Å². The molecule has 1 heterocycles. The van der Waals surface area contributed by atoms with Gasteiger partial charge in [-0.3, -0.25) is 0 Å². The SMILES string of the molecule is Cc1nc(C(C)C)nc(SCC(F)(F)F)c1C(=O)O. The molecule has 0 saturated heterocycles. The highest BCUT2D eigenvalue weighted by Crippen LogP contribution is 2.30. The quantitative estimate of drug-likeness (QED) is 0.682. The van der Waals surface area contributed by atoms with E-state index in [4.69, 9.17) is 5.11 Å². The molecular formula is C11H13F3N2O2S. The maximum absolute atomic E-state index is 12.2. The predicted molar refractivity (Wildman–Crippen MR) is 64.6 cm³/mol. The minimum atomic E-state index is -4.38. The zero-order valence-corrected chi connectivity index (χ0v) is 11.4. The van der Waals surface area contributed by atoms with E-state index in [0.29, 0.717) is 17.6 Å². The fourth-order valence-corrected chi connectivity index (χ4v) is 2.16. The minimum absolute atomic E-state index is 0.0909. The number of aromatic carboxylic acids is 1. The molecule has 0 fully saturated rings. The number of carboxylic acids is 1. The summed E-state index contributed by atoms with van der Waals surface area (Å²) in [7, 11) is 0. The summed E-state index contributed by atoms with van der Waals surface area (Å²) in [5, 5.41) is 8.89. The monoisotopic (exact) mass is 294 g/mol. The fourth-order valence-electron chi connectivity index (χ4n) is 1.33. The highest BCUT2D eigenvalue weighted by molar-refractivity contribution is 7.99. The number of carboxylic acid groups (broad SMARTS) is 1. The van der Waals surface area contributed by atoms with Gasteiger partial charge in [0, 0.05) is 5.92 Å². The van der Waals surface area contributed by atoms with Crippen LogP contribution in [0.15, 0.2) is 5.03 Å². The average Bonchev–Trinajstić information content (AvgIpc) is 2.23. The van der Waals surface area contributed by atoms with Crippen molar-refractivity contribution in [1.29, 1.82) is 0 Å². The number of hydrogen-bond donors (Lipinski definition) is 1. The van der Waals surface area contributed by atoms with Gasteiger partial charge in [-0.25, -0.2) is 14.8 Å². The summed E-state index contributed by atoms with van der Waals surface area (Å²) in [6.45, 7) is 5.02. The molecule has 0 aliphatic heterocycles. The van der Waals surface area contributed by atoms with Crippen LogP contribution in [0.2, 0.25) is 0 Å². The zero-order chi connectivity index (χ0) is 14.8. The Hall–Kier alpha value is -1.31. The Morgan fingerprint density at radius 2 is 1.95 bits per heavy atom. The van der Waals surface area contributed by atoms with Crippen LogP contribution >= 0.6 is 11.8 Å². The number of carbonyl (C=O) groups is 1. The van der Waals surface area contributed by atoms with E-state index in [0.717, 1.165) is 0 Å². The standard InChI is InChI=1S/C11H13F3N2O2S/c1-5(2)8-15-6(3)7(10(17)18)9(16-8)19-4-11(12,13)14/h5H,4H2,1-3H3,(H,17,18). The number of halogens is 3. The van der Waals surface area contributed by atoms with Crippen LogP contribution < -0.4 is 0 Å². The number of rotatable bonds is 4. The largest absolute Gasteiger partial charge is 0.478 e. The Kier molecular flexibility index (Phi) is 4.78. The number of alkyl halides is 3. The number of aryl methyl sites for hydroxylation is 1. The summed E-state index contributed by atoms with van der Waals surface area (Å²) in [5.41, 5.74) is -0.0884. The van der Waals surface area contributed by atoms with Crippen molar-refractivity contribution >= 4 is 17.7 Å². The number of aromatic nitrogens is 2. The molecule has 8 heteroatoms. The molecule has 1 aromatic rings. The van der Waals surface area contributed by atoms with Crippen LogP contribution in [0.4, 0.5) is 13.2 Å². The highest BCUT2D eigenvalue weighted by Gasteiger charge is 2.29. The third-order valence-corrected chi connectivity index (χ3v) is 3.22. The molecule has 0 spiro atoms. The van der Waals surface area contributed by atoms with Crippen molar-refractivity contribution in [2.75, 3.05) is 5.75 Å². The lowest BCUT2D eigenvalue weighted by Gasteiger charge is -2.12. The van der Waals surface area contributed by atoms with Gasteiger partial charge < -0.3 is 5.11 Å². The first-order valence-electron chi connectivity index (χ1n) is 5.43. The minimum Gasteiger partial charge on any atom is -0.478 e. The summed E-state index contributed by atoms with van der Waals surface area (Å²) in [6.07, 6.45) is -4.38. The first-order valence-corrected chi connectivity index (χ1v) is 6.41. The average molecular weight is 294 g/mol. The van der Waals surface area contributed by atoms with E-state index < -0.39 is 17.9 Å². The van der Waals surface area contributed by atoms with Gasteiger partial charge in [-0.2, -0.15) is 13.2 Å². The van der Waals surface area contributed by atoms with Crippen molar-refractivity contribution in [2.24, 2.45) is 0 Å². The van der Waals surface area contributed by atoms with Gasteiger partial charge in [0.15, 0.2) is 0 Å². The molecule has 0 aliphatic carbocycles. The highest BCUT2D eigenvalue weighted by atomic mass is 32.2. The summed E-state index contributed by atoms with van der Waals surface area (Å²) in [6, 6.07) is 0. The van der Waals surface area contributed by atoms with Gasteiger partial charge in [0.2, 0.25) is 0 Å². The van der Waals surface area contributed by atoms with E-state index in [1.165, 1.54) is 6.92 Å². The number of hydrogen-bond acceptors (Lipinski definition) is 4. The summed E-state index contributed by atoms with van der Waals surface area (Å²) in [4.78, 5) is 19.0. The molecule has 4 nitrogen and oxygen atoms in total. The van der Waals surface area contributed by atoms with Crippen molar-refractivity contribution in [2.45, 2.75) is 37.9 Å². The molecule has 19 heavy (non-hydrogen) atoms. The summed E-state index contributed by atoms with van der Waals surface area (Å²) < 4.78 is 36.7. The Balaban J connectivity index is 3.20. The van der Waals surface area contributed by atoms with Gasteiger partial charge in [0.05, 0.1) is 11.4 Å². The van der Waals surface area contributed by atoms with Gasteiger partial charge in [-0.1, -0.05) is 25.6 Å². The molecule has 0 aliphatic rings. The summed E-state index contributed by atoms with van der Waals surface area (Å²) >= 11 is 0.371. The van der Waals surface area contributed by atoms with Crippen molar-refractivity contribution < 1.29 is 23.1 Å². The molecule has 1 aromatic heterocycles. The second-order valence-electron chi connectivity index (χ2n) is 4.21. The molecule has 1 rings (SSSR count). The molecule has 106 valence electrons. The van der Waals surface area contributed by atoms with Crippen LogP contribution in [0.3, 0.4) is 0 Å². The van der Waals surface area contributed by atoms with E-state index in [2.05, 4.69) is 9.97 Å². The first kappa shape index (κ1) is 15.7. The first-order chi connectivity index (χ1) is 8.61. The van der Waals surface area contributed by atoms with Crippen molar-refractivity contribution in [3.05, 3.63) is 17.1 Å². The molecule has 0 bridgehead atoms. The van der Waals surface area contributed by atoms with Gasteiger partial charge in [-0.15, -0.1) is 0 Å².